The Morgan fingerprint density at radius 3 is 2.29 bits per heavy atom. The largest absolute Gasteiger partial charge is 0.382 e. The number of benzene rings is 2. The Bertz CT molecular complexity index is 1200. The predicted octanol–water partition coefficient (Wildman–Crippen LogP) is 6.37. The summed E-state index contributed by atoms with van der Waals surface area (Å²) < 4.78 is 42.3. The molecule has 0 spiro atoms. The topological polar surface area (TPSA) is 70.4 Å². The summed E-state index contributed by atoms with van der Waals surface area (Å²) in [4.78, 5) is 12.4. The number of allylic oxidation sites excluding steroid dienone is 1. The summed E-state index contributed by atoms with van der Waals surface area (Å²) in [6.45, 7) is 8.24. The first kappa shape index (κ1) is 25.4. The molecule has 0 saturated heterocycles. The van der Waals surface area contributed by atoms with Gasteiger partial charge in [0, 0.05) is 34.1 Å². The molecule has 1 unspecified atom stereocenters. The van der Waals surface area contributed by atoms with Crippen LogP contribution in [0.2, 0.25) is 0 Å². The van der Waals surface area contributed by atoms with Crippen LogP contribution in [0.3, 0.4) is 0 Å². The maximum Gasteiger partial charge on any atom is 0.262 e. The smallest absolute Gasteiger partial charge is 0.262 e. The Morgan fingerprint density at radius 2 is 1.76 bits per heavy atom. The zero-order valence-electron chi connectivity index (χ0n) is 18.9. The van der Waals surface area contributed by atoms with Gasteiger partial charge in [-0.2, -0.15) is 0 Å². The molecule has 0 aliphatic rings. The lowest BCUT2D eigenvalue weighted by atomic mass is 9.99. The first-order valence-corrected chi connectivity index (χ1v) is 10.7. The van der Waals surface area contributed by atoms with Gasteiger partial charge in [-0.25, -0.2) is 23.1 Å². The number of nitrogens with zero attached hydrogens (tertiary/aromatic N) is 3. The molecule has 0 aliphatic heterocycles. The monoisotopic (exact) mass is 488 g/mol. The summed E-state index contributed by atoms with van der Waals surface area (Å²) in [5.41, 5.74) is 0.835. The van der Waals surface area contributed by atoms with E-state index < -0.39 is 23.9 Å². The Morgan fingerprint density at radius 1 is 1.12 bits per heavy atom. The predicted molar refractivity (Wildman–Crippen MR) is 129 cm³/mol. The molecule has 1 heterocycles. The Hall–Kier alpha value is -3.23. The van der Waals surface area contributed by atoms with Crippen molar-refractivity contribution in [3.8, 4) is 11.1 Å². The maximum absolute atomic E-state index is 14.3. The van der Waals surface area contributed by atoms with Crippen molar-refractivity contribution in [3.63, 3.8) is 0 Å². The maximum atomic E-state index is 14.3. The fraction of sp³-hybridized carbons (Fsp3) is 0.240. The molecule has 0 amide bonds. The number of rotatable bonds is 8. The lowest BCUT2D eigenvalue weighted by Gasteiger charge is -2.24. The average molecular weight is 489 g/mol. The highest BCUT2D eigenvalue weighted by Gasteiger charge is 2.27. The number of hydrogen-bond acceptors (Lipinski definition) is 5. The SMILES string of the molecule is C=Nc1ccc(-c2cnc(C(C)(C)O)nc2)cc1/C(NC(c1ccccc1F)C(F)F)=C(\C)Cl. The lowest BCUT2D eigenvalue weighted by Crippen LogP contribution is -2.27. The third-order valence-electron chi connectivity index (χ3n) is 5.11. The normalized spacial score (nSPS) is 13.4. The van der Waals surface area contributed by atoms with Crippen LogP contribution >= 0.6 is 11.6 Å². The summed E-state index contributed by atoms with van der Waals surface area (Å²) in [6.07, 6.45) is 0.173. The molecule has 0 saturated carbocycles. The van der Waals surface area contributed by atoms with Crippen LogP contribution in [-0.2, 0) is 5.60 Å². The molecule has 9 heteroatoms. The molecule has 3 aromatic rings. The van der Waals surface area contributed by atoms with Gasteiger partial charge in [0.25, 0.3) is 6.43 Å². The second-order valence-corrected chi connectivity index (χ2v) is 8.70. The Balaban J connectivity index is 2.07. The van der Waals surface area contributed by atoms with Gasteiger partial charge in [0.15, 0.2) is 5.82 Å². The van der Waals surface area contributed by atoms with E-state index in [4.69, 9.17) is 11.6 Å². The van der Waals surface area contributed by atoms with E-state index in [2.05, 4.69) is 27.0 Å². The summed E-state index contributed by atoms with van der Waals surface area (Å²) in [5.74, 6) is -0.504. The third-order valence-corrected chi connectivity index (χ3v) is 5.29. The summed E-state index contributed by atoms with van der Waals surface area (Å²) in [5, 5.41) is 13.0. The van der Waals surface area contributed by atoms with E-state index in [0.717, 1.165) is 6.07 Å². The summed E-state index contributed by atoms with van der Waals surface area (Å²) >= 11 is 6.32. The fourth-order valence-corrected chi connectivity index (χ4v) is 3.53. The molecule has 2 N–H and O–H groups in total. The standard InChI is InChI=1S/C25H24ClF3N4O/c1-14(26)21(33-22(23(28)29)17-7-5-6-8-19(17)27)18-11-15(9-10-20(18)30-4)16-12-31-24(32-13-16)25(2,3)34/h5-13,22-23,33-34H,4H2,1-3H3/b21-14-. The van der Waals surface area contributed by atoms with Gasteiger partial charge in [-0.15, -0.1) is 0 Å². The van der Waals surface area contributed by atoms with Crippen LogP contribution in [0.5, 0.6) is 0 Å². The van der Waals surface area contributed by atoms with Crippen molar-refractivity contribution in [2.45, 2.75) is 38.8 Å². The first-order valence-electron chi connectivity index (χ1n) is 10.3. The van der Waals surface area contributed by atoms with Gasteiger partial charge in [-0.3, -0.25) is 4.99 Å². The van der Waals surface area contributed by atoms with Crippen molar-refractivity contribution >= 4 is 29.7 Å². The summed E-state index contributed by atoms with van der Waals surface area (Å²) in [6, 6.07) is 8.77. The molecule has 178 valence electrons. The molecule has 1 aromatic heterocycles. The van der Waals surface area contributed by atoms with Crippen LogP contribution in [0.1, 0.15) is 43.8 Å². The van der Waals surface area contributed by atoms with E-state index in [1.165, 1.54) is 25.1 Å². The van der Waals surface area contributed by atoms with Crippen LogP contribution in [0.15, 0.2) is 64.9 Å². The molecular weight excluding hydrogens is 465 g/mol. The van der Waals surface area contributed by atoms with Crippen molar-refractivity contribution in [2.24, 2.45) is 4.99 Å². The minimum atomic E-state index is -2.92. The molecule has 1 atom stereocenters. The molecule has 0 aliphatic carbocycles. The van der Waals surface area contributed by atoms with E-state index in [1.54, 1.807) is 44.4 Å². The van der Waals surface area contributed by atoms with Crippen LogP contribution in [0.25, 0.3) is 16.8 Å². The zero-order valence-corrected chi connectivity index (χ0v) is 19.6. The number of hydrogen-bond donors (Lipinski definition) is 2. The number of alkyl halides is 2. The number of nitrogens with one attached hydrogen (secondary N) is 1. The van der Waals surface area contributed by atoms with E-state index in [0.29, 0.717) is 22.4 Å². The third kappa shape index (κ3) is 5.63. The van der Waals surface area contributed by atoms with Crippen LogP contribution in [0, 0.1) is 5.82 Å². The van der Waals surface area contributed by atoms with E-state index in [1.807, 2.05) is 0 Å². The highest BCUT2D eigenvalue weighted by atomic mass is 35.5. The highest BCUT2D eigenvalue weighted by Crippen LogP contribution is 2.35. The van der Waals surface area contributed by atoms with Crippen molar-refractivity contribution in [3.05, 3.63) is 82.7 Å². The number of halogens is 4. The van der Waals surface area contributed by atoms with Crippen molar-refractivity contribution in [1.29, 1.82) is 0 Å². The molecule has 0 bridgehead atoms. The molecule has 0 radical (unpaired) electrons. The molecule has 5 nitrogen and oxygen atoms in total. The van der Waals surface area contributed by atoms with E-state index in [9.17, 15) is 18.3 Å². The van der Waals surface area contributed by atoms with Crippen molar-refractivity contribution in [2.75, 3.05) is 0 Å². The van der Waals surface area contributed by atoms with Crippen molar-refractivity contribution in [1.82, 2.24) is 15.3 Å². The second-order valence-electron chi connectivity index (χ2n) is 8.13. The van der Waals surface area contributed by atoms with Crippen LogP contribution in [-0.4, -0.2) is 28.2 Å². The van der Waals surface area contributed by atoms with Gasteiger partial charge < -0.3 is 10.4 Å². The fourth-order valence-electron chi connectivity index (χ4n) is 3.37. The number of aromatic nitrogens is 2. The Labute approximate surface area is 201 Å². The molecule has 0 fully saturated rings. The van der Waals surface area contributed by atoms with E-state index >= 15 is 0 Å². The Kier molecular flexibility index (Phi) is 7.74. The molecule has 3 rings (SSSR count). The quantitative estimate of drug-likeness (QED) is 0.362. The minimum Gasteiger partial charge on any atom is -0.382 e. The highest BCUT2D eigenvalue weighted by molar-refractivity contribution is 6.32. The molecular formula is C25H24ClF3N4O. The zero-order chi connectivity index (χ0) is 25.0. The van der Waals surface area contributed by atoms with Gasteiger partial charge in [0.05, 0.1) is 11.4 Å². The molecule has 2 aromatic carbocycles. The summed E-state index contributed by atoms with van der Waals surface area (Å²) in [7, 11) is 0. The van der Waals surface area contributed by atoms with Gasteiger partial charge >= 0.3 is 0 Å². The van der Waals surface area contributed by atoms with Gasteiger partial charge in [-0.1, -0.05) is 35.9 Å². The van der Waals surface area contributed by atoms with Gasteiger partial charge in [0.2, 0.25) is 0 Å². The van der Waals surface area contributed by atoms with Crippen LogP contribution < -0.4 is 5.32 Å². The second kappa shape index (κ2) is 10.4. The van der Waals surface area contributed by atoms with Gasteiger partial charge in [-0.05, 0) is 51.3 Å². The number of aliphatic hydroxyl groups is 1. The van der Waals surface area contributed by atoms with Crippen molar-refractivity contribution < 1.29 is 18.3 Å². The average Bonchev–Trinajstić information content (AvgIpc) is 2.79. The lowest BCUT2D eigenvalue weighted by molar-refractivity contribution is 0.0687. The molecule has 34 heavy (non-hydrogen) atoms. The van der Waals surface area contributed by atoms with Crippen LogP contribution in [0.4, 0.5) is 18.9 Å². The number of aliphatic imine (C=N–C) groups is 1. The first-order chi connectivity index (χ1) is 16.0. The van der Waals surface area contributed by atoms with E-state index in [-0.39, 0.29) is 22.1 Å². The van der Waals surface area contributed by atoms with Gasteiger partial charge in [0.1, 0.15) is 17.5 Å². The minimum absolute atomic E-state index is 0.161.